The maximum absolute atomic E-state index is 11.9. The molecular formula is C13H21ClN2O2S. The van der Waals surface area contributed by atoms with Gasteiger partial charge in [0.25, 0.3) is 0 Å². The molecule has 4 nitrogen and oxygen atoms in total. The van der Waals surface area contributed by atoms with Gasteiger partial charge in [-0.25, -0.2) is 13.1 Å². The third-order valence-electron chi connectivity index (χ3n) is 3.15. The van der Waals surface area contributed by atoms with Crippen LogP contribution in [0.25, 0.3) is 0 Å². The number of aryl methyl sites for hydroxylation is 1. The predicted molar refractivity (Wildman–Crippen MR) is 80.1 cm³/mol. The van der Waals surface area contributed by atoms with Crippen LogP contribution in [0.3, 0.4) is 0 Å². The van der Waals surface area contributed by atoms with Gasteiger partial charge in [-0.1, -0.05) is 29.8 Å². The number of hydrogen-bond acceptors (Lipinski definition) is 3. The lowest BCUT2D eigenvalue weighted by Crippen LogP contribution is -2.37. The Kier molecular flexibility index (Phi) is 6.26. The second-order valence-corrected chi connectivity index (χ2v) is 6.70. The molecule has 0 bridgehead atoms. The van der Waals surface area contributed by atoms with Crippen LogP contribution >= 0.6 is 12.4 Å². The van der Waals surface area contributed by atoms with Crippen molar-refractivity contribution in [3.63, 3.8) is 0 Å². The van der Waals surface area contributed by atoms with Crippen molar-refractivity contribution in [1.82, 2.24) is 10.0 Å². The molecule has 6 heteroatoms. The molecule has 1 atom stereocenters. The summed E-state index contributed by atoms with van der Waals surface area (Å²) in [5, 5.41) is 3.28. The van der Waals surface area contributed by atoms with E-state index in [-0.39, 0.29) is 24.2 Å². The summed E-state index contributed by atoms with van der Waals surface area (Å²) in [6, 6.07) is 7.90. The van der Waals surface area contributed by atoms with E-state index in [0.717, 1.165) is 30.5 Å². The molecule has 0 aliphatic carbocycles. The van der Waals surface area contributed by atoms with Crippen LogP contribution in [-0.4, -0.2) is 27.5 Å². The zero-order valence-corrected chi connectivity index (χ0v) is 12.7. The highest BCUT2D eigenvalue weighted by atomic mass is 35.5. The quantitative estimate of drug-likeness (QED) is 0.868. The van der Waals surface area contributed by atoms with Crippen molar-refractivity contribution in [1.29, 1.82) is 0 Å². The Bertz CT molecular complexity index is 499. The van der Waals surface area contributed by atoms with E-state index in [1.165, 1.54) is 0 Å². The van der Waals surface area contributed by atoms with E-state index in [9.17, 15) is 8.42 Å². The predicted octanol–water partition coefficient (Wildman–Crippen LogP) is 1.59. The summed E-state index contributed by atoms with van der Waals surface area (Å²) in [6.45, 7) is 3.45. The largest absolute Gasteiger partial charge is 0.313 e. The molecule has 1 aliphatic rings. The van der Waals surface area contributed by atoms with Crippen molar-refractivity contribution < 1.29 is 8.42 Å². The topological polar surface area (TPSA) is 58.2 Å². The SMILES string of the molecule is Cc1cccc(CS(=O)(=O)NC[C@H]2CCCN2)c1.Cl. The standard InChI is InChI=1S/C13H20N2O2S.ClH/c1-11-4-2-5-12(8-11)10-18(16,17)15-9-13-6-3-7-14-13;/h2,4-5,8,13-15H,3,6-7,9-10H2,1H3;1H/t13-;/m1./s1. The second kappa shape index (κ2) is 7.24. The number of rotatable bonds is 5. The number of nitrogens with one attached hydrogen (secondary N) is 2. The van der Waals surface area contributed by atoms with Gasteiger partial charge in [-0.2, -0.15) is 0 Å². The molecule has 1 aliphatic heterocycles. The van der Waals surface area contributed by atoms with E-state index >= 15 is 0 Å². The van der Waals surface area contributed by atoms with Gasteiger partial charge >= 0.3 is 0 Å². The van der Waals surface area contributed by atoms with Crippen molar-refractivity contribution in [2.75, 3.05) is 13.1 Å². The average molecular weight is 305 g/mol. The van der Waals surface area contributed by atoms with E-state index in [0.29, 0.717) is 6.54 Å². The Morgan fingerprint density at radius 2 is 2.21 bits per heavy atom. The highest BCUT2D eigenvalue weighted by Gasteiger charge is 2.17. The van der Waals surface area contributed by atoms with Crippen molar-refractivity contribution in [2.24, 2.45) is 0 Å². The van der Waals surface area contributed by atoms with E-state index in [2.05, 4.69) is 10.0 Å². The number of hydrogen-bond donors (Lipinski definition) is 2. The van der Waals surface area contributed by atoms with E-state index in [1.54, 1.807) is 0 Å². The first-order chi connectivity index (χ1) is 8.55. The van der Waals surface area contributed by atoms with Crippen LogP contribution < -0.4 is 10.0 Å². The number of sulfonamides is 1. The first-order valence-electron chi connectivity index (χ1n) is 6.31. The van der Waals surface area contributed by atoms with Crippen molar-refractivity contribution in [2.45, 2.75) is 31.6 Å². The molecule has 19 heavy (non-hydrogen) atoms. The minimum absolute atomic E-state index is 0. The second-order valence-electron chi connectivity index (χ2n) is 4.89. The Balaban J connectivity index is 0.00000180. The summed E-state index contributed by atoms with van der Waals surface area (Å²) < 4.78 is 26.5. The van der Waals surface area contributed by atoms with Crippen molar-refractivity contribution in [3.8, 4) is 0 Å². The molecule has 0 unspecified atom stereocenters. The fourth-order valence-corrected chi connectivity index (χ4v) is 3.41. The number of benzene rings is 1. The lowest BCUT2D eigenvalue weighted by molar-refractivity contribution is 0.551. The monoisotopic (exact) mass is 304 g/mol. The third-order valence-corrected chi connectivity index (χ3v) is 4.47. The van der Waals surface area contributed by atoms with Gasteiger partial charge in [0.1, 0.15) is 0 Å². The maximum Gasteiger partial charge on any atom is 0.215 e. The molecule has 1 fully saturated rings. The molecule has 1 heterocycles. The molecule has 1 aromatic rings. The maximum atomic E-state index is 11.9. The van der Waals surface area contributed by atoms with E-state index in [1.807, 2.05) is 31.2 Å². The van der Waals surface area contributed by atoms with Gasteiger partial charge in [-0.3, -0.25) is 0 Å². The minimum atomic E-state index is -3.23. The fourth-order valence-electron chi connectivity index (χ4n) is 2.23. The Morgan fingerprint density at radius 3 is 2.84 bits per heavy atom. The van der Waals surface area contributed by atoms with Crippen LogP contribution in [0.5, 0.6) is 0 Å². The molecule has 2 rings (SSSR count). The number of halogens is 1. The fraction of sp³-hybridized carbons (Fsp3) is 0.538. The molecule has 0 radical (unpaired) electrons. The molecule has 1 aromatic carbocycles. The van der Waals surface area contributed by atoms with Gasteiger partial charge in [-0.15, -0.1) is 12.4 Å². The molecule has 108 valence electrons. The first kappa shape index (κ1) is 16.4. The van der Waals surface area contributed by atoms with E-state index in [4.69, 9.17) is 0 Å². The van der Waals surface area contributed by atoms with Crippen LogP contribution in [-0.2, 0) is 15.8 Å². The minimum Gasteiger partial charge on any atom is -0.313 e. The summed E-state index contributed by atoms with van der Waals surface area (Å²) in [4.78, 5) is 0. The van der Waals surface area contributed by atoms with Crippen molar-refractivity contribution >= 4 is 22.4 Å². The van der Waals surface area contributed by atoms with Gasteiger partial charge in [0, 0.05) is 12.6 Å². The average Bonchev–Trinajstić information content (AvgIpc) is 2.78. The Labute approximate surface area is 121 Å². The molecular weight excluding hydrogens is 284 g/mol. The third kappa shape index (κ3) is 5.48. The lowest BCUT2D eigenvalue weighted by atomic mass is 10.2. The smallest absolute Gasteiger partial charge is 0.215 e. The molecule has 2 N–H and O–H groups in total. The van der Waals surface area contributed by atoms with Gasteiger partial charge in [0.2, 0.25) is 10.0 Å². The van der Waals surface area contributed by atoms with Crippen LogP contribution in [0.15, 0.2) is 24.3 Å². The molecule has 1 saturated heterocycles. The van der Waals surface area contributed by atoms with E-state index < -0.39 is 10.0 Å². The van der Waals surface area contributed by atoms with Gasteiger partial charge in [0.05, 0.1) is 5.75 Å². The highest BCUT2D eigenvalue weighted by molar-refractivity contribution is 7.88. The van der Waals surface area contributed by atoms with Gasteiger partial charge < -0.3 is 5.32 Å². The summed E-state index contributed by atoms with van der Waals surface area (Å²) in [7, 11) is -3.23. The normalized spacial score (nSPS) is 19.1. The lowest BCUT2D eigenvalue weighted by Gasteiger charge is -2.12. The van der Waals surface area contributed by atoms with Crippen LogP contribution in [0.1, 0.15) is 24.0 Å². The summed E-state index contributed by atoms with van der Waals surface area (Å²) in [5.41, 5.74) is 1.92. The van der Waals surface area contributed by atoms with Crippen LogP contribution in [0, 0.1) is 6.92 Å². The zero-order valence-electron chi connectivity index (χ0n) is 11.1. The van der Waals surface area contributed by atoms with Crippen molar-refractivity contribution in [3.05, 3.63) is 35.4 Å². The zero-order chi connectivity index (χ0) is 13.0. The molecule has 0 spiro atoms. The Hall–Kier alpha value is -0.620. The van der Waals surface area contributed by atoms with Crippen LogP contribution in [0.2, 0.25) is 0 Å². The van der Waals surface area contributed by atoms with Crippen LogP contribution in [0.4, 0.5) is 0 Å². The van der Waals surface area contributed by atoms with Gasteiger partial charge in [-0.05, 0) is 31.9 Å². The molecule has 0 saturated carbocycles. The molecule has 0 amide bonds. The first-order valence-corrected chi connectivity index (χ1v) is 7.97. The van der Waals surface area contributed by atoms with Gasteiger partial charge in [0.15, 0.2) is 0 Å². The highest BCUT2D eigenvalue weighted by Crippen LogP contribution is 2.09. The Morgan fingerprint density at radius 1 is 1.42 bits per heavy atom. The molecule has 0 aromatic heterocycles. The summed E-state index contributed by atoms with van der Waals surface area (Å²) >= 11 is 0. The summed E-state index contributed by atoms with van der Waals surface area (Å²) in [5.74, 6) is 0.0569. The summed E-state index contributed by atoms with van der Waals surface area (Å²) in [6.07, 6.45) is 2.18.